The highest BCUT2D eigenvalue weighted by Gasteiger charge is 2.19. The molecule has 1 aliphatic heterocycles. The van der Waals surface area contributed by atoms with E-state index in [-0.39, 0.29) is 6.54 Å². The molecule has 3 rings (SSSR count). The number of carbonyl (C=O) groups is 2. The van der Waals surface area contributed by atoms with Crippen LogP contribution in [0, 0.1) is 0 Å². The van der Waals surface area contributed by atoms with Gasteiger partial charge in [-0.05, 0) is 24.3 Å². The number of nitrogens with one attached hydrogen (secondary N) is 2. The SMILES string of the molecule is O=C(NCc1ccco1)C(=O)Nc1ccccc1N1CCOCC1. The van der Waals surface area contributed by atoms with Crippen molar-refractivity contribution in [3.05, 3.63) is 48.4 Å². The van der Waals surface area contributed by atoms with E-state index in [9.17, 15) is 9.59 Å². The topological polar surface area (TPSA) is 83.8 Å². The summed E-state index contributed by atoms with van der Waals surface area (Å²) in [7, 11) is 0. The summed E-state index contributed by atoms with van der Waals surface area (Å²) in [5.41, 5.74) is 1.49. The van der Waals surface area contributed by atoms with E-state index in [2.05, 4.69) is 15.5 Å². The average molecular weight is 329 g/mol. The Morgan fingerprint density at radius 2 is 1.83 bits per heavy atom. The molecule has 0 aliphatic carbocycles. The fraction of sp³-hybridized carbons (Fsp3) is 0.294. The lowest BCUT2D eigenvalue weighted by Gasteiger charge is -2.30. The van der Waals surface area contributed by atoms with E-state index in [4.69, 9.17) is 9.15 Å². The van der Waals surface area contributed by atoms with E-state index in [0.717, 1.165) is 18.8 Å². The molecule has 1 aromatic carbocycles. The zero-order chi connectivity index (χ0) is 16.8. The third kappa shape index (κ3) is 3.94. The maximum Gasteiger partial charge on any atom is 0.313 e. The smallest absolute Gasteiger partial charge is 0.313 e. The Balaban J connectivity index is 1.62. The molecule has 2 N–H and O–H groups in total. The number of hydrogen-bond donors (Lipinski definition) is 2. The second-order valence-electron chi connectivity index (χ2n) is 5.33. The molecule has 1 saturated heterocycles. The summed E-state index contributed by atoms with van der Waals surface area (Å²) < 4.78 is 10.5. The number of carbonyl (C=O) groups excluding carboxylic acids is 2. The van der Waals surface area contributed by atoms with Crippen molar-refractivity contribution in [3.8, 4) is 0 Å². The lowest BCUT2D eigenvalue weighted by molar-refractivity contribution is -0.136. The number of anilines is 2. The molecule has 2 heterocycles. The maximum absolute atomic E-state index is 12.1. The van der Waals surface area contributed by atoms with Gasteiger partial charge in [-0.2, -0.15) is 0 Å². The van der Waals surface area contributed by atoms with Gasteiger partial charge in [0, 0.05) is 13.1 Å². The van der Waals surface area contributed by atoms with Crippen LogP contribution in [-0.4, -0.2) is 38.1 Å². The molecular weight excluding hydrogens is 310 g/mol. The first kappa shape index (κ1) is 16.1. The minimum absolute atomic E-state index is 0.171. The van der Waals surface area contributed by atoms with Gasteiger partial charge in [-0.25, -0.2) is 0 Å². The van der Waals surface area contributed by atoms with Crippen molar-refractivity contribution in [1.29, 1.82) is 0 Å². The van der Waals surface area contributed by atoms with Crippen LogP contribution in [0.25, 0.3) is 0 Å². The zero-order valence-electron chi connectivity index (χ0n) is 13.2. The fourth-order valence-electron chi connectivity index (χ4n) is 2.50. The van der Waals surface area contributed by atoms with Crippen molar-refractivity contribution in [1.82, 2.24) is 5.32 Å². The van der Waals surface area contributed by atoms with Crippen molar-refractivity contribution < 1.29 is 18.7 Å². The molecule has 2 aromatic rings. The van der Waals surface area contributed by atoms with Crippen LogP contribution in [-0.2, 0) is 20.9 Å². The molecule has 0 bridgehead atoms. The Kier molecular flexibility index (Phi) is 5.12. The highest BCUT2D eigenvalue weighted by molar-refractivity contribution is 6.39. The van der Waals surface area contributed by atoms with Crippen molar-refractivity contribution in [2.24, 2.45) is 0 Å². The van der Waals surface area contributed by atoms with Gasteiger partial charge in [0.2, 0.25) is 0 Å². The summed E-state index contributed by atoms with van der Waals surface area (Å²) in [6.07, 6.45) is 1.51. The number of morpholine rings is 1. The van der Waals surface area contributed by atoms with Crippen molar-refractivity contribution >= 4 is 23.2 Å². The molecule has 1 aromatic heterocycles. The Bertz CT molecular complexity index is 694. The van der Waals surface area contributed by atoms with E-state index < -0.39 is 11.8 Å². The van der Waals surface area contributed by atoms with Gasteiger partial charge in [0.05, 0.1) is 37.4 Å². The van der Waals surface area contributed by atoms with E-state index in [1.807, 2.05) is 18.2 Å². The van der Waals surface area contributed by atoms with Gasteiger partial charge in [0.1, 0.15) is 5.76 Å². The standard InChI is InChI=1S/C17H19N3O4/c21-16(18-12-13-4-3-9-24-13)17(22)19-14-5-1-2-6-15(14)20-7-10-23-11-8-20/h1-6,9H,7-8,10-12H2,(H,18,21)(H,19,22). The van der Waals surface area contributed by atoms with Gasteiger partial charge in [0.25, 0.3) is 0 Å². The number of amides is 2. The Morgan fingerprint density at radius 1 is 1.04 bits per heavy atom. The zero-order valence-corrected chi connectivity index (χ0v) is 13.2. The summed E-state index contributed by atoms with van der Waals surface area (Å²) in [6, 6.07) is 10.9. The Labute approximate surface area is 139 Å². The first-order chi connectivity index (χ1) is 11.7. The van der Waals surface area contributed by atoms with Crippen LogP contribution in [0.2, 0.25) is 0 Å². The number of rotatable bonds is 4. The van der Waals surface area contributed by atoms with E-state index >= 15 is 0 Å². The minimum atomic E-state index is -0.706. The summed E-state index contributed by atoms with van der Waals surface area (Å²) >= 11 is 0. The lowest BCUT2D eigenvalue weighted by Crippen LogP contribution is -2.38. The van der Waals surface area contributed by atoms with Gasteiger partial charge in [-0.15, -0.1) is 0 Å². The molecule has 7 heteroatoms. The molecule has 126 valence electrons. The quantitative estimate of drug-likeness (QED) is 0.828. The molecular formula is C17H19N3O4. The molecule has 1 fully saturated rings. The summed E-state index contributed by atoms with van der Waals surface area (Å²) in [5, 5.41) is 5.20. The van der Waals surface area contributed by atoms with Crippen LogP contribution in [0.1, 0.15) is 5.76 Å². The molecule has 0 atom stereocenters. The number of benzene rings is 1. The van der Waals surface area contributed by atoms with Crippen LogP contribution in [0.15, 0.2) is 47.1 Å². The van der Waals surface area contributed by atoms with Crippen LogP contribution in [0.4, 0.5) is 11.4 Å². The highest BCUT2D eigenvalue weighted by Crippen LogP contribution is 2.26. The normalized spacial score (nSPS) is 14.2. The number of para-hydroxylation sites is 2. The largest absolute Gasteiger partial charge is 0.467 e. The maximum atomic E-state index is 12.1. The first-order valence-electron chi connectivity index (χ1n) is 7.77. The molecule has 0 spiro atoms. The van der Waals surface area contributed by atoms with Gasteiger partial charge in [-0.3, -0.25) is 9.59 Å². The van der Waals surface area contributed by atoms with Gasteiger partial charge in [-0.1, -0.05) is 12.1 Å². The molecule has 0 radical (unpaired) electrons. The summed E-state index contributed by atoms with van der Waals surface area (Å²) in [6.45, 7) is 2.96. The molecule has 0 unspecified atom stereocenters. The van der Waals surface area contributed by atoms with E-state index in [0.29, 0.717) is 24.7 Å². The molecule has 0 saturated carbocycles. The Morgan fingerprint density at radius 3 is 2.58 bits per heavy atom. The van der Waals surface area contributed by atoms with Crippen LogP contribution in [0.5, 0.6) is 0 Å². The van der Waals surface area contributed by atoms with Gasteiger partial charge >= 0.3 is 11.8 Å². The second kappa shape index (κ2) is 7.65. The number of nitrogens with zero attached hydrogens (tertiary/aromatic N) is 1. The summed E-state index contributed by atoms with van der Waals surface area (Å²) in [5.74, 6) is -0.824. The Hall–Kier alpha value is -2.80. The van der Waals surface area contributed by atoms with Gasteiger partial charge < -0.3 is 24.7 Å². The van der Waals surface area contributed by atoms with E-state index in [1.165, 1.54) is 6.26 Å². The fourth-order valence-corrected chi connectivity index (χ4v) is 2.50. The highest BCUT2D eigenvalue weighted by atomic mass is 16.5. The predicted octanol–water partition coefficient (Wildman–Crippen LogP) is 1.37. The molecule has 1 aliphatic rings. The predicted molar refractivity (Wildman–Crippen MR) is 88.7 cm³/mol. The molecule has 2 amide bonds. The second-order valence-corrected chi connectivity index (χ2v) is 5.33. The van der Waals surface area contributed by atoms with Crippen molar-refractivity contribution in [3.63, 3.8) is 0 Å². The number of hydrogen-bond acceptors (Lipinski definition) is 5. The van der Waals surface area contributed by atoms with Crippen LogP contribution < -0.4 is 15.5 Å². The minimum Gasteiger partial charge on any atom is -0.467 e. The van der Waals surface area contributed by atoms with Crippen LogP contribution >= 0.6 is 0 Å². The van der Waals surface area contributed by atoms with Crippen molar-refractivity contribution in [2.45, 2.75) is 6.54 Å². The monoisotopic (exact) mass is 329 g/mol. The lowest BCUT2D eigenvalue weighted by atomic mass is 10.2. The first-order valence-corrected chi connectivity index (χ1v) is 7.77. The number of furan rings is 1. The van der Waals surface area contributed by atoms with Gasteiger partial charge in [0.15, 0.2) is 0 Å². The van der Waals surface area contributed by atoms with Crippen molar-refractivity contribution in [2.75, 3.05) is 36.5 Å². The summed E-state index contributed by atoms with van der Waals surface area (Å²) in [4.78, 5) is 26.2. The third-order valence-corrected chi connectivity index (χ3v) is 3.71. The molecule has 7 nitrogen and oxygen atoms in total. The van der Waals surface area contributed by atoms with Crippen LogP contribution in [0.3, 0.4) is 0 Å². The third-order valence-electron chi connectivity index (χ3n) is 3.71. The van der Waals surface area contributed by atoms with E-state index in [1.54, 1.807) is 18.2 Å². The number of ether oxygens (including phenoxy) is 1. The molecule has 24 heavy (non-hydrogen) atoms. The average Bonchev–Trinajstić information content (AvgIpc) is 3.14.